The van der Waals surface area contributed by atoms with Crippen LogP contribution in [0.4, 0.5) is 5.13 Å². The van der Waals surface area contributed by atoms with Crippen LogP contribution in [-0.2, 0) is 0 Å². The molecule has 0 aliphatic carbocycles. The van der Waals surface area contributed by atoms with Gasteiger partial charge in [-0.25, -0.2) is 0 Å². The van der Waals surface area contributed by atoms with Crippen molar-refractivity contribution >= 4 is 56.7 Å². The summed E-state index contributed by atoms with van der Waals surface area (Å²) >= 11 is 8.72. The van der Waals surface area contributed by atoms with Gasteiger partial charge in [0.25, 0.3) is 5.91 Å². The number of furan rings is 1. The minimum Gasteiger partial charge on any atom is -0.451 e. The molecule has 0 unspecified atom stereocenters. The summed E-state index contributed by atoms with van der Waals surface area (Å²) in [7, 11) is 0. The molecule has 0 atom stereocenters. The zero-order valence-corrected chi connectivity index (χ0v) is 13.6. The van der Waals surface area contributed by atoms with Crippen LogP contribution in [0.5, 0.6) is 0 Å². The third-order valence-electron chi connectivity index (χ3n) is 2.65. The molecule has 1 amide bonds. The number of halogens is 1. The molecule has 5 nitrogen and oxygen atoms in total. The van der Waals surface area contributed by atoms with E-state index in [1.807, 2.05) is 0 Å². The lowest BCUT2D eigenvalue weighted by atomic mass is 10.2. The lowest BCUT2D eigenvalue weighted by molar-refractivity contribution is 0.0998. The monoisotopic (exact) mass is 351 g/mol. The van der Waals surface area contributed by atoms with Gasteiger partial charge in [-0.3, -0.25) is 10.1 Å². The molecule has 3 rings (SSSR count). The predicted octanol–water partition coefficient (Wildman–Crippen LogP) is 4.47. The summed E-state index contributed by atoms with van der Waals surface area (Å²) in [6.07, 6.45) is 1.78. The van der Waals surface area contributed by atoms with Crippen LogP contribution >= 0.6 is 34.7 Å². The quantitative estimate of drug-likeness (QED) is 0.417. The summed E-state index contributed by atoms with van der Waals surface area (Å²) < 4.78 is 6.27. The zero-order chi connectivity index (χ0) is 15.5. The Morgan fingerprint density at radius 3 is 3.14 bits per heavy atom. The van der Waals surface area contributed by atoms with Crippen molar-refractivity contribution in [3.05, 3.63) is 47.7 Å². The van der Waals surface area contributed by atoms with Crippen LogP contribution in [0.2, 0.25) is 5.02 Å². The summed E-state index contributed by atoms with van der Waals surface area (Å²) in [6, 6.07) is 6.82. The highest BCUT2D eigenvalue weighted by atomic mass is 35.5. The molecule has 2 aromatic heterocycles. The minimum atomic E-state index is -0.372. The van der Waals surface area contributed by atoms with Gasteiger partial charge in [-0.1, -0.05) is 40.8 Å². The van der Waals surface area contributed by atoms with Crippen molar-refractivity contribution in [1.82, 2.24) is 10.2 Å². The Labute approximate surface area is 139 Å². The Morgan fingerprint density at radius 2 is 2.32 bits per heavy atom. The van der Waals surface area contributed by atoms with Crippen LogP contribution in [0.1, 0.15) is 10.6 Å². The number of carbonyl (C=O) groups is 1. The number of nitrogens with zero attached hydrogens (tertiary/aromatic N) is 2. The average molecular weight is 352 g/mol. The average Bonchev–Trinajstić information content (AvgIpc) is 3.11. The first-order valence-corrected chi connectivity index (χ1v) is 8.41. The Morgan fingerprint density at radius 1 is 1.45 bits per heavy atom. The van der Waals surface area contributed by atoms with Crippen LogP contribution in [0, 0.1) is 0 Å². The molecule has 1 N–H and O–H groups in total. The maximum absolute atomic E-state index is 12.2. The van der Waals surface area contributed by atoms with E-state index in [4.69, 9.17) is 16.0 Å². The van der Waals surface area contributed by atoms with Crippen molar-refractivity contribution in [3.63, 3.8) is 0 Å². The predicted molar refractivity (Wildman–Crippen MR) is 90.0 cm³/mol. The number of thioether (sulfide) groups is 1. The van der Waals surface area contributed by atoms with E-state index in [0.29, 0.717) is 15.7 Å². The lowest BCUT2D eigenvalue weighted by Gasteiger charge is -1.95. The van der Waals surface area contributed by atoms with Crippen LogP contribution in [0.15, 0.2) is 45.7 Å². The van der Waals surface area contributed by atoms with Gasteiger partial charge in [0.1, 0.15) is 5.58 Å². The summed E-state index contributed by atoms with van der Waals surface area (Å²) in [4.78, 5) is 12.2. The van der Waals surface area contributed by atoms with E-state index in [9.17, 15) is 4.79 Å². The van der Waals surface area contributed by atoms with Crippen molar-refractivity contribution in [1.29, 1.82) is 0 Å². The summed E-state index contributed by atoms with van der Waals surface area (Å²) in [5.41, 5.74) is 0.606. The van der Waals surface area contributed by atoms with Gasteiger partial charge in [0.05, 0.1) is 0 Å². The number of amides is 1. The number of carbonyl (C=O) groups excluding carboxylic acids is 1. The first-order valence-electron chi connectivity index (χ1n) is 6.23. The first-order chi connectivity index (χ1) is 10.7. The normalized spacial score (nSPS) is 10.8. The maximum Gasteiger partial charge on any atom is 0.293 e. The molecule has 0 spiro atoms. The van der Waals surface area contributed by atoms with Crippen molar-refractivity contribution in [2.24, 2.45) is 0 Å². The second kappa shape index (κ2) is 6.51. The number of hydrogen-bond acceptors (Lipinski definition) is 6. The van der Waals surface area contributed by atoms with Gasteiger partial charge in [-0.05, 0) is 24.3 Å². The maximum atomic E-state index is 12.2. The molecule has 0 aliphatic heterocycles. The van der Waals surface area contributed by atoms with Gasteiger partial charge < -0.3 is 4.42 Å². The number of anilines is 1. The molecular formula is C14H10ClN3O2S2. The van der Waals surface area contributed by atoms with Gasteiger partial charge in [0.2, 0.25) is 5.13 Å². The van der Waals surface area contributed by atoms with Crippen molar-refractivity contribution in [3.8, 4) is 0 Å². The lowest BCUT2D eigenvalue weighted by Crippen LogP contribution is -2.10. The highest BCUT2D eigenvalue weighted by molar-refractivity contribution is 8.01. The molecule has 0 fully saturated rings. The standard InChI is InChI=1S/C14H10ClN3O2S2/c1-2-5-21-14-18-17-13(22-14)16-12(19)11-7-8-6-9(15)3-4-10(8)20-11/h2-4,6-7H,1,5H2,(H,16,17,19). The van der Waals surface area contributed by atoms with Crippen LogP contribution in [0.3, 0.4) is 0 Å². The molecule has 3 aromatic rings. The minimum absolute atomic E-state index is 0.202. The van der Waals surface area contributed by atoms with Crippen molar-refractivity contribution in [2.45, 2.75) is 4.34 Å². The van der Waals surface area contributed by atoms with E-state index in [1.165, 1.54) is 23.1 Å². The van der Waals surface area contributed by atoms with E-state index < -0.39 is 0 Å². The van der Waals surface area contributed by atoms with Gasteiger partial charge in [-0.2, -0.15) is 0 Å². The molecule has 8 heteroatoms. The second-order valence-corrected chi connectivity index (χ2v) is 6.90. The van der Waals surface area contributed by atoms with Crippen LogP contribution < -0.4 is 5.32 Å². The molecule has 0 bridgehead atoms. The van der Waals surface area contributed by atoms with Gasteiger partial charge >= 0.3 is 0 Å². The molecule has 0 saturated heterocycles. The van der Waals surface area contributed by atoms with E-state index in [0.717, 1.165) is 15.5 Å². The van der Waals surface area contributed by atoms with E-state index in [-0.39, 0.29) is 11.7 Å². The van der Waals surface area contributed by atoms with Gasteiger partial charge in [-0.15, -0.1) is 16.8 Å². The molecule has 0 radical (unpaired) electrons. The van der Waals surface area contributed by atoms with Gasteiger partial charge in [0.15, 0.2) is 10.1 Å². The highest BCUT2D eigenvalue weighted by Gasteiger charge is 2.15. The zero-order valence-electron chi connectivity index (χ0n) is 11.2. The fourth-order valence-electron chi connectivity index (χ4n) is 1.73. The topological polar surface area (TPSA) is 68.0 Å². The molecule has 0 saturated carbocycles. The second-order valence-electron chi connectivity index (χ2n) is 4.22. The number of fused-ring (bicyclic) bond motifs is 1. The third kappa shape index (κ3) is 3.32. The van der Waals surface area contributed by atoms with E-state index in [1.54, 1.807) is 30.3 Å². The number of hydrogen-bond donors (Lipinski definition) is 1. The Bertz CT molecular complexity index is 844. The fourth-order valence-corrected chi connectivity index (χ4v) is 3.42. The Balaban J connectivity index is 1.75. The number of aromatic nitrogens is 2. The molecule has 112 valence electrons. The fraction of sp³-hybridized carbons (Fsp3) is 0.0714. The molecule has 0 aliphatic rings. The number of nitrogens with one attached hydrogen (secondary N) is 1. The van der Waals surface area contributed by atoms with Crippen molar-refractivity contribution < 1.29 is 9.21 Å². The number of benzene rings is 1. The van der Waals surface area contributed by atoms with Crippen LogP contribution in [-0.4, -0.2) is 21.9 Å². The third-order valence-corrected chi connectivity index (χ3v) is 4.86. The SMILES string of the molecule is C=CCSc1nnc(NC(=O)c2cc3cc(Cl)ccc3o2)s1. The number of rotatable bonds is 5. The molecule has 1 aromatic carbocycles. The van der Waals surface area contributed by atoms with E-state index in [2.05, 4.69) is 22.1 Å². The van der Waals surface area contributed by atoms with Crippen molar-refractivity contribution in [2.75, 3.05) is 11.1 Å². The summed E-state index contributed by atoms with van der Waals surface area (Å²) in [5.74, 6) is 0.573. The highest BCUT2D eigenvalue weighted by Crippen LogP contribution is 2.27. The summed E-state index contributed by atoms with van der Waals surface area (Å²) in [6.45, 7) is 3.64. The summed E-state index contributed by atoms with van der Waals surface area (Å²) in [5, 5.41) is 12.4. The largest absolute Gasteiger partial charge is 0.451 e. The van der Waals surface area contributed by atoms with E-state index >= 15 is 0 Å². The van der Waals surface area contributed by atoms with Crippen LogP contribution in [0.25, 0.3) is 11.0 Å². The molecule has 22 heavy (non-hydrogen) atoms. The smallest absolute Gasteiger partial charge is 0.293 e. The Hall–Kier alpha value is -1.83. The molecule has 2 heterocycles. The van der Waals surface area contributed by atoms with Gasteiger partial charge in [0, 0.05) is 16.2 Å². The first kappa shape index (κ1) is 15.1. The molecular weight excluding hydrogens is 342 g/mol. The Kier molecular flexibility index (Phi) is 4.47.